The number of nitrogens with zero attached hydrogens (tertiary/aromatic N) is 1. The third-order valence-electron chi connectivity index (χ3n) is 1.62. The van der Waals surface area contributed by atoms with Crippen molar-refractivity contribution in [1.82, 2.24) is 0 Å². The van der Waals surface area contributed by atoms with Crippen LogP contribution in [0.5, 0.6) is 0 Å². The average Bonchev–Trinajstić information content (AvgIpc) is 1.98. The van der Waals surface area contributed by atoms with Gasteiger partial charge in [-0.1, -0.05) is 6.58 Å². The van der Waals surface area contributed by atoms with Crippen LogP contribution >= 0.6 is 0 Å². The Hall–Kier alpha value is -0.920. The van der Waals surface area contributed by atoms with Crippen LogP contribution in [0.25, 0.3) is 0 Å². The first-order valence-electron chi connectivity index (χ1n) is 4.21. The van der Waals surface area contributed by atoms with Crippen molar-refractivity contribution in [3.63, 3.8) is 0 Å². The molecule has 0 aromatic rings. The van der Waals surface area contributed by atoms with Crippen LogP contribution in [0.15, 0.2) is 12.7 Å². The quantitative estimate of drug-likeness (QED) is 0.264. The molecule has 0 aliphatic rings. The molecule has 0 saturated carbocycles. The molecular formula is C8H15NO5S. The van der Waals surface area contributed by atoms with Gasteiger partial charge in [-0.2, -0.15) is 0 Å². The molecule has 6 nitrogen and oxygen atoms in total. The number of ether oxygens (including phenoxy) is 1. The van der Waals surface area contributed by atoms with Crippen LogP contribution in [-0.4, -0.2) is 56.5 Å². The topological polar surface area (TPSA) is 83.5 Å². The Labute approximate surface area is 89.5 Å². The minimum Gasteiger partial charge on any atom is -0.744 e. The predicted octanol–water partition coefficient (Wildman–Crippen LogP) is -0.705. The number of carbonyl (C=O) groups is 1. The molecule has 7 heteroatoms. The molecule has 0 spiro atoms. The van der Waals surface area contributed by atoms with Gasteiger partial charge in [0.25, 0.3) is 0 Å². The van der Waals surface area contributed by atoms with Crippen molar-refractivity contribution in [2.45, 2.75) is 0 Å². The molecule has 0 aromatic carbocycles. The second kappa shape index (κ2) is 5.24. The Balaban J connectivity index is 4.05. The van der Waals surface area contributed by atoms with E-state index in [1.54, 1.807) is 14.1 Å². The molecule has 0 unspecified atom stereocenters. The van der Waals surface area contributed by atoms with E-state index in [0.29, 0.717) is 0 Å². The summed E-state index contributed by atoms with van der Waals surface area (Å²) in [4.78, 5) is 10.7. The SMILES string of the molecule is C=CC(=O)OCC[N+](C)(C)CS(=O)(=O)[O-]. The zero-order valence-electron chi connectivity index (χ0n) is 8.80. The van der Waals surface area contributed by atoms with Crippen molar-refractivity contribution >= 4 is 16.1 Å². The van der Waals surface area contributed by atoms with Gasteiger partial charge in [-0.05, 0) is 0 Å². The van der Waals surface area contributed by atoms with Crippen molar-refractivity contribution in [3.8, 4) is 0 Å². The van der Waals surface area contributed by atoms with Gasteiger partial charge in [0.15, 0.2) is 5.88 Å². The summed E-state index contributed by atoms with van der Waals surface area (Å²) in [6.07, 6.45) is 1.02. The minimum absolute atomic E-state index is 0.0454. The number of quaternary nitrogens is 1. The summed E-state index contributed by atoms with van der Waals surface area (Å²) in [7, 11) is -1.14. The highest BCUT2D eigenvalue weighted by Gasteiger charge is 2.18. The van der Waals surface area contributed by atoms with Crippen LogP contribution in [0.4, 0.5) is 0 Å². The zero-order valence-corrected chi connectivity index (χ0v) is 9.62. The zero-order chi connectivity index (χ0) is 12.1. The molecular weight excluding hydrogens is 222 g/mol. The van der Waals surface area contributed by atoms with E-state index in [2.05, 4.69) is 11.3 Å². The lowest BCUT2D eigenvalue weighted by molar-refractivity contribution is -0.878. The van der Waals surface area contributed by atoms with Crippen LogP contribution in [-0.2, 0) is 19.6 Å². The van der Waals surface area contributed by atoms with Crippen molar-refractivity contribution in [2.24, 2.45) is 0 Å². The van der Waals surface area contributed by atoms with Gasteiger partial charge in [0.05, 0.1) is 14.1 Å². The van der Waals surface area contributed by atoms with Gasteiger partial charge in [-0.25, -0.2) is 13.2 Å². The van der Waals surface area contributed by atoms with Gasteiger partial charge >= 0.3 is 5.97 Å². The summed E-state index contributed by atoms with van der Waals surface area (Å²) in [6.45, 7) is 3.51. The summed E-state index contributed by atoms with van der Waals surface area (Å²) in [5.41, 5.74) is 0. The molecule has 15 heavy (non-hydrogen) atoms. The van der Waals surface area contributed by atoms with Crippen LogP contribution < -0.4 is 0 Å². The maximum Gasteiger partial charge on any atom is 0.330 e. The fraction of sp³-hybridized carbons (Fsp3) is 0.625. The van der Waals surface area contributed by atoms with Gasteiger partial charge in [0.2, 0.25) is 0 Å². The van der Waals surface area contributed by atoms with Gasteiger partial charge in [0, 0.05) is 6.08 Å². The maximum atomic E-state index is 10.7. The monoisotopic (exact) mass is 237 g/mol. The van der Waals surface area contributed by atoms with E-state index in [1.807, 2.05) is 0 Å². The number of hydrogen-bond acceptors (Lipinski definition) is 5. The van der Waals surface area contributed by atoms with E-state index in [1.165, 1.54) is 0 Å². The number of likely N-dealkylation sites (N-methyl/N-ethyl adjacent to an activating group) is 1. The van der Waals surface area contributed by atoms with E-state index < -0.39 is 22.0 Å². The molecule has 0 heterocycles. The Kier molecular flexibility index (Phi) is 4.92. The third kappa shape index (κ3) is 8.10. The molecule has 88 valence electrons. The standard InChI is InChI=1S/C8H15NO5S/c1-4-8(10)14-6-5-9(2,3)7-15(11,12)13/h4H,1,5-7H2,2-3H3. The van der Waals surface area contributed by atoms with Gasteiger partial charge in [-0.15, -0.1) is 0 Å². The normalized spacial score (nSPS) is 12.2. The molecule has 0 aliphatic heterocycles. The van der Waals surface area contributed by atoms with Gasteiger partial charge in [-0.3, -0.25) is 0 Å². The molecule has 0 rings (SSSR count). The van der Waals surface area contributed by atoms with Crippen molar-refractivity contribution in [1.29, 1.82) is 0 Å². The van der Waals surface area contributed by atoms with E-state index in [9.17, 15) is 17.8 Å². The summed E-state index contributed by atoms with van der Waals surface area (Å²) in [6, 6.07) is 0. The van der Waals surface area contributed by atoms with Crippen LogP contribution in [0.2, 0.25) is 0 Å². The molecule has 0 aromatic heterocycles. The summed E-state index contributed by atoms with van der Waals surface area (Å²) in [5, 5.41) is 0. The predicted molar refractivity (Wildman–Crippen MR) is 52.7 cm³/mol. The lowest BCUT2D eigenvalue weighted by atomic mass is 10.5. The fourth-order valence-electron chi connectivity index (χ4n) is 0.945. The second-order valence-electron chi connectivity index (χ2n) is 3.72. The number of carbonyl (C=O) groups excluding carboxylic acids is 1. The van der Waals surface area contributed by atoms with Crippen molar-refractivity contribution < 1.29 is 27.0 Å². The summed E-state index contributed by atoms with van der Waals surface area (Å²) < 4.78 is 36.1. The molecule has 0 N–H and O–H groups in total. The third-order valence-corrected chi connectivity index (χ3v) is 2.63. The van der Waals surface area contributed by atoms with Crippen LogP contribution in [0, 0.1) is 0 Å². The highest BCUT2D eigenvalue weighted by atomic mass is 32.2. The maximum absolute atomic E-state index is 10.7. The summed E-state index contributed by atoms with van der Waals surface area (Å²) in [5.74, 6) is -1.10. The average molecular weight is 237 g/mol. The largest absolute Gasteiger partial charge is 0.744 e. The molecule has 0 saturated heterocycles. The van der Waals surface area contributed by atoms with E-state index in [0.717, 1.165) is 6.08 Å². The first-order chi connectivity index (χ1) is 6.66. The number of rotatable bonds is 6. The molecule has 0 atom stereocenters. The lowest BCUT2D eigenvalue weighted by Crippen LogP contribution is -2.46. The van der Waals surface area contributed by atoms with Gasteiger partial charge in [0.1, 0.15) is 23.3 Å². The molecule has 0 amide bonds. The molecule has 0 aliphatic carbocycles. The Morgan fingerprint density at radius 2 is 2.07 bits per heavy atom. The van der Waals surface area contributed by atoms with Gasteiger partial charge < -0.3 is 13.8 Å². The second-order valence-corrected chi connectivity index (χ2v) is 5.09. The molecule has 0 radical (unpaired) electrons. The van der Waals surface area contributed by atoms with Crippen molar-refractivity contribution in [2.75, 3.05) is 33.1 Å². The van der Waals surface area contributed by atoms with Crippen LogP contribution in [0.1, 0.15) is 0 Å². The van der Waals surface area contributed by atoms with E-state index >= 15 is 0 Å². The highest BCUT2D eigenvalue weighted by molar-refractivity contribution is 7.85. The highest BCUT2D eigenvalue weighted by Crippen LogP contribution is 2.00. The van der Waals surface area contributed by atoms with E-state index in [4.69, 9.17) is 0 Å². The number of hydrogen-bond donors (Lipinski definition) is 0. The Morgan fingerprint density at radius 1 is 1.53 bits per heavy atom. The molecule has 0 fully saturated rings. The Bertz CT molecular complexity index is 333. The van der Waals surface area contributed by atoms with Crippen LogP contribution in [0.3, 0.4) is 0 Å². The molecule has 0 bridgehead atoms. The van der Waals surface area contributed by atoms with E-state index in [-0.39, 0.29) is 17.6 Å². The minimum atomic E-state index is -4.28. The Morgan fingerprint density at radius 3 is 2.47 bits per heavy atom. The first kappa shape index (κ1) is 14.1. The van der Waals surface area contributed by atoms with Crippen molar-refractivity contribution in [3.05, 3.63) is 12.7 Å². The number of esters is 1. The fourth-order valence-corrected chi connectivity index (χ4v) is 1.93. The summed E-state index contributed by atoms with van der Waals surface area (Å²) >= 11 is 0. The lowest BCUT2D eigenvalue weighted by Gasteiger charge is -2.30. The smallest absolute Gasteiger partial charge is 0.330 e. The first-order valence-corrected chi connectivity index (χ1v) is 5.79.